The number of hydrogen-bond acceptors (Lipinski definition) is 4. The molecule has 2 aromatic heterocycles. The number of anilines is 1. The molecular formula is C21H26FIN6O2. The maximum Gasteiger partial charge on any atom is 0.246 e. The first-order chi connectivity index (χ1) is 14.5. The quantitative estimate of drug-likeness (QED) is 0.313. The highest BCUT2D eigenvalue weighted by atomic mass is 127. The zero-order chi connectivity index (χ0) is 21.3. The van der Waals surface area contributed by atoms with Gasteiger partial charge in [0.2, 0.25) is 5.91 Å². The average molecular weight is 540 g/mol. The van der Waals surface area contributed by atoms with E-state index in [1.165, 1.54) is 12.1 Å². The SMILES string of the molecule is CCNC(=NCc1oc2ccc(F)cc2c1C)N1CCN(c2cnn(C)c2)C(=O)C1.I. The molecule has 0 saturated carbocycles. The Bertz CT molecular complexity index is 1110. The third-order valence-electron chi connectivity index (χ3n) is 5.23. The van der Waals surface area contributed by atoms with Crippen LogP contribution in [0.1, 0.15) is 18.2 Å². The number of nitrogens with one attached hydrogen (secondary N) is 1. The fourth-order valence-corrected chi connectivity index (χ4v) is 3.64. The van der Waals surface area contributed by atoms with Crippen LogP contribution in [0.5, 0.6) is 0 Å². The number of nitrogens with zero attached hydrogens (tertiary/aromatic N) is 5. The largest absolute Gasteiger partial charge is 0.459 e. The number of aromatic nitrogens is 2. The standard InChI is InChI=1S/C21H25FN6O2.HI/c1-4-23-21(24-11-19-14(2)17-9-15(22)5-6-18(17)30-19)27-7-8-28(20(29)13-27)16-10-25-26(3)12-16;/h5-6,9-10,12H,4,7-8,11,13H2,1-3H3,(H,23,24);1H. The number of piperazine rings is 1. The summed E-state index contributed by atoms with van der Waals surface area (Å²) in [5.41, 5.74) is 2.32. The van der Waals surface area contributed by atoms with E-state index in [0.29, 0.717) is 43.5 Å². The number of hydrogen-bond donors (Lipinski definition) is 1. The first-order valence-corrected chi connectivity index (χ1v) is 9.96. The summed E-state index contributed by atoms with van der Waals surface area (Å²) < 4.78 is 21.1. The van der Waals surface area contributed by atoms with Crippen molar-refractivity contribution in [3.8, 4) is 0 Å². The number of amides is 1. The van der Waals surface area contributed by atoms with E-state index >= 15 is 0 Å². The van der Waals surface area contributed by atoms with Crippen molar-refractivity contribution < 1.29 is 13.6 Å². The molecule has 0 spiro atoms. The second-order valence-electron chi connectivity index (χ2n) is 7.30. The van der Waals surface area contributed by atoms with Crippen molar-refractivity contribution in [2.24, 2.45) is 12.0 Å². The molecule has 31 heavy (non-hydrogen) atoms. The zero-order valence-corrected chi connectivity index (χ0v) is 20.1. The maximum absolute atomic E-state index is 13.5. The Morgan fingerprint density at radius 3 is 2.84 bits per heavy atom. The number of guanidine groups is 1. The number of rotatable bonds is 4. The molecule has 1 aliphatic rings. The lowest BCUT2D eigenvalue weighted by Crippen LogP contribution is -2.55. The van der Waals surface area contributed by atoms with Crippen LogP contribution in [0.25, 0.3) is 11.0 Å². The van der Waals surface area contributed by atoms with E-state index in [1.54, 1.807) is 21.8 Å². The van der Waals surface area contributed by atoms with E-state index < -0.39 is 0 Å². The topological polar surface area (TPSA) is 78.9 Å². The Morgan fingerprint density at radius 2 is 2.16 bits per heavy atom. The number of halogens is 2. The number of furan rings is 1. The molecule has 0 aliphatic carbocycles. The second kappa shape index (κ2) is 9.67. The molecule has 166 valence electrons. The third-order valence-corrected chi connectivity index (χ3v) is 5.23. The minimum Gasteiger partial charge on any atom is -0.459 e. The fraction of sp³-hybridized carbons (Fsp3) is 0.381. The summed E-state index contributed by atoms with van der Waals surface area (Å²) in [6.07, 6.45) is 3.53. The Labute approximate surface area is 197 Å². The lowest BCUT2D eigenvalue weighted by atomic mass is 10.1. The van der Waals surface area contributed by atoms with Gasteiger partial charge in [-0.05, 0) is 32.0 Å². The molecule has 8 nitrogen and oxygen atoms in total. The van der Waals surface area contributed by atoms with Crippen LogP contribution in [0.3, 0.4) is 0 Å². The number of fused-ring (bicyclic) bond motifs is 1. The van der Waals surface area contributed by atoms with E-state index in [-0.39, 0.29) is 42.2 Å². The Morgan fingerprint density at radius 1 is 1.35 bits per heavy atom. The molecule has 0 bridgehead atoms. The molecule has 0 radical (unpaired) electrons. The normalized spacial score (nSPS) is 14.8. The average Bonchev–Trinajstić information content (AvgIpc) is 3.28. The van der Waals surface area contributed by atoms with Crippen molar-refractivity contribution in [2.75, 3.05) is 31.1 Å². The number of carbonyl (C=O) groups excluding carboxylic acids is 1. The van der Waals surface area contributed by atoms with E-state index in [4.69, 9.17) is 4.42 Å². The number of carbonyl (C=O) groups is 1. The van der Waals surface area contributed by atoms with Crippen LogP contribution in [-0.2, 0) is 18.4 Å². The van der Waals surface area contributed by atoms with Crippen molar-refractivity contribution in [2.45, 2.75) is 20.4 Å². The maximum atomic E-state index is 13.5. The van der Waals surface area contributed by atoms with Crippen LogP contribution in [-0.4, -0.2) is 52.7 Å². The summed E-state index contributed by atoms with van der Waals surface area (Å²) in [7, 11) is 1.83. The lowest BCUT2D eigenvalue weighted by molar-refractivity contribution is -0.120. The summed E-state index contributed by atoms with van der Waals surface area (Å²) in [4.78, 5) is 21.1. The monoisotopic (exact) mass is 540 g/mol. The number of benzene rings is 1. The molecule has 3 heterocycles. The Hall–Kier alpha value is -2.63. The highest BCUT2D eigenvalue weighted by Crippen LogP contribution is 2.26. The molecule has 1 aromatic carbocycles. The van der Waals surface area contributed by atoms with Crippen molar-refractivity contribution in [1.82, 2.24) is 20.0 Å². The van der Waals surface area contributed by atoms with Gasteiger partial charge in [-0.1, -0.05) is 0 Å². The summed E-state index contributed by atoms with van der Waals surface area (Å²) in [5, 5.41) is 8.15. The molecule has 0 unspecified atom stereocenters. The Kier molecular flexibility index (Phi) is 7.19. The zero-order valence-electron chi connectivity index (χ0n) is 17.8. The van der Waals surface area contributed by atoms with Gasteiger partial charge in [0.1, 0.15) is 30.3 Å². The van der Waals surface area contributed by atoms with Gasteiger partial charge in [0.05, 0.1) is 11.9 Å². The van der Waals surface area contributed by atoms with Gasteiger partial charge in [-0.15, -0.1) is 24.0 Å². The van der Waals surface area contributed by atoms with Crippen LogP contribution in [0.4, 0.5) is 10.1 Å². The molecule has 0 atom stereocenters. The first-order valence-electron chi connectivity index (χ1n) is 9.96. The van der Waals surface area contributed by atoms with Crippen molar-refractivity contribution in [3.63, 3.8) is 0 Å². The molecule has 1 saturated heterocycles. The van der Waals surface area contributed by atoms with Gasteiger partial charge in [-0.3, -0.25) is 9.48 Å². The van der Waals surface area contributed by atoms with Crippen LogP contribution in [0.15, 0.2) is 40.0 Å². The van der Waals surface area contributed by atoms with Crippen molar-refractivity contribution >= 4 is 52.5 Å². The summed E-state index contributed by atoms with van der Waals surface area (Å²) in [6.45, 7) is 6.30. The van der Waals surface area contributed by atoms with Gasteiger partial charge in [0, 0.05) is 43.8 Å². The van der Waals surface area contributed by atoms with Gasteiger partial charge in [0.25, 0.3) is 0 Å². The predicted octanol–water partition coefficient (Wildman–Crippen LogP) is 3.05. The second-order valence-corrected chi connectivity index (χ2v) is 7.30. The molecule has 1 amide bonds. The minimum absolute atomic E-state index is 0. The van der Waals surface area contributed by atoms with Crippen LogP contribution >= 0.6 is 24.0 Å². The summed E-state index contributed by atoms with van der Waals surface area (Å²) >= 11 is 0. The molecular weight excluding hydrogens is 514 g/mol. The molecule has 1 fully saturated rings. The van der Waals surface area contributed by atoms with Gasteiger partial charge < -0.3 is 19.5 Å². The minimum atomic E-state index is -0.292. The fourth-order valence-electron chi connectivity index (χ4n) is 3.64. The number of aliphatic imine (C=N–C) groups is 1. The van der Waals surface area contributed by atoms with Crippen molar-refractivity contribution in [3.05, 3.63) is 47.7 Å². The first kappa shape index (κ1) is 23.0. The lowest BCUT2D eigenvalue weighted by Gasteiger charge is -2.35. The van der Waals surface area contributed by atoms with Crippen LogP contribution in [0, 0.1) is 12.7 Å². The smallest absolute Gasteiger partial charge is 0.246 e. The third kappa shape index (κ3) is 4.83. The summed E-state index contributed by atoms with van der Waals surface area (Å²) in [5.74, 6) is 1.05. The highest BCUT2D eigenvalue weighted by Gasteiger charge is 2.27. The highest BCUT2D eigenvalue weighted by molar-refractivity contribution is 14.0. The molecule has 1 N–H and O–H groups in total. The predicted molar refractivity (Wildman–Crippen MR) is 128 cm³/mol. The van der Waals surface area contributed by atoms with Crippen LogP contribution in [0.2, 0.25) is 0 Å². The van der Waals surface area contributed by atoms with E-state index in [2.05, 4.69) is 15.4 Å². The van der Waals surface area contributed by atoms with Gasteiger partial charge in [-0.25, -0.2) is 9.38 Å². The van der Waals surface area contributed by atoms with Crippen LogP contribution < -0.4 is 10.2 Å². The van der Waals surface area contributed by atoms with Gasteiger partial charge in [-0.2, -0.15) is 5.10 Å². The molecule has 4 rings (SSSR count). The Balaban J connectivity index is 0.00000272. The molecule has 10 heteroatoms. The van der Waals surface area contributed by atoms with Gasteiger partial charge >= 0.3 is 0 Å². The van der Waals surface area contributed by atoms with E-state index in [0.717, 1.165) is 16.6 Å². The number of aryl methyl sites for hydroxylation is 2. The van der Waals surface area contributed by atoms with Gasteiger partial charge in [0.15, 0.2) is 5.96 Å². The van der Waals surface area contributed by atoms with E-state index in [1.807, 2.05) is 32.0 Å². The van der Waals surface area contributed by atoms with E-state index in [9.17, 15) is 9.18 Å². The molecule has 3 aromatic rings. The molecule has 1 aliphatic heterocycles. The summed E-state index contributed by atoms with van der Waals surface area (Å²) in [6, 6.07) is 4.49. The van der Waals surface area contributed by atoms with Crippen molar-refractivity contribution in [1.29, 1.82) is 0 Å².